The van der Waals surface area contributed by atoms with E-state index in [0.29, 0.717) is 12.8 Å². The first kappa shape index (κ1) is 57.4. The fourth-order valence-electron chi connectivity index (χ4n) is 5.51. The van der Waals surface area contributed by atoms with Gasteiger partial charge in [0.25, 0.3) is 0 Å². The summed E-state index contributed by atoms with van der Waals surface area (Å²) in [6, 6.07) is 0. The highest BCUT2D eigenvalue weighted by molar-refractivity contribution is 7.47. The lowest BCUT2D eigenvalue weighted by Gasteiger charge is -2.19. The van der Waals surface area contributed by atoms with Crippen LogP contribution in [0.4, 0.5) is 0 Å². The van der Waals surface area contributed by atoms with Gasteiger partial charge in [0.2, 0.25) is 0 Å². The Kier molecular flexibility index (Phi) is 43.2. The van der Waals surface area contributed by atoms with Gasteiger partial charge in [-0.3, -0.25) is 18.6 Å². The molecule has 0 aromatic rings. The summed E-state index contributed by atoms with van der Waals surface area (Å²) < 4.78 is 32.8. The van der Waals surface area contributed by atoms with Crippen LogP contribution in [-0.2, 0) is 32.7 Å². The SMILES string of the molecule is CC/C=C\C/C=C\C/C=C\C/C=C\C/C=C\CCCCCCCC(=O)OC(COC(=O)CCCCC/C=C\C/C=C\C/C=C\C/C=C\C/C=C\CC)COP(=O)(O)OCCN. The van der Waals surface area contributed by atoms with Gasteiger partial charge in [-0.2, -0.15) is 0 Å². The van der Waals surface area contributed by atoms with Crippen LogP contribution < -0.4 is 5.73 Å². The van der Waals surface area contributed by atoms with E-state index in [2.05, 4.69) is 135 Å². The largest absolute Gasteiger partial charge is 0.472 e. The first-order valence-electron chi connectivity index (χ1n) is 23.0. The predicted molar refractivity (Wildman–Crippen MR) is 256 cm³/mol. The summed E-state index contributed by atoms with van der Waals surface area (Å²) in [6.45, 7) is 3.41. The molecule has 0 aliphatic heterocycles. The van der Waals surface area contributed by atoms with Gasteiger partial charge in [-0.1, -0.05) is 161 Å². The summed E-state index contributed by atoms with van der Waals surface area (Å²) in [7, 11) is -4.40. The minimum Gasteiger partial charge on any atom is -0.462 e. The lowest BCUT2D eigenvalue weighted by atomic mass is 10.1. The second-order valence-corrected chi connectivity index (χ2v) is 16.0. The van der Waals surface area contributed by atoms with Crippen molar-refractivity contribution in [3.05, 3.63) is 122 Å². The van der Waals surface area contributed by atoms with E-state index >= 15 is 0 Å². The van der Waals surface area contributed by atoms with E-state index < -0.39 is 32.5 Å². The Hall–Kier alpha value is -3.59. The summed E-state index contributed by atoms with van der Waals surface area (Å²) in [4.78, 5) is 35.0. The molecule has 0 aromatic heterocycles. The Labute approximate surface area is 371 Å². The number of allylic oxidation sites excluding steroid dienone is 20. The molecule has 3 N–H and O–H groups in total. The number of hydrogen-bond acceptors (Lipinski definition) is 8. The molecule has 0 heterocycles. The van der Waals surface area contributed by atoms with Crippen LogP contribution in [0.15, 0.2) is 122 Å². The van der Waals surface area contributed by atoms with Crippen LogP contribution >= 0.6 is 7.82 Å². The Morgan fingerprint density at radius 2 is 0.852 bits per heavy atom. The first-order valence-corrected chi connectivity index (χ1v) is 24.5. The summed E-state index contributed by atoms with van der Waals surface area (Å²) in [5.74, 6) is -0.902. The topological polar surface area (TPSA) is 134 Å². The third kappa shape index (κ3) is 45.8. The molecular formula is C51H82NO8P. The second-order valence-electron chi connectivity index (χ2n) is 14.5. The van der Waals surface area contributed by atoms with Gasteiger partial charge in [-0.25, -0.2) is 4.57 Å². The van der Waals surface area contributed by atoms with E-state index in [1.54, 1.807) is 0 Å². The minimum absolute atomic E-state index is 0.0373. The molecule has 0 aliphatic rings. The molecule has 0 aromatic carbocycles. The van der Waals surface area contributed by atoms with Crippen molar-refractivity contribution in [1.82, 2.24) is 0 Å². The third-order valence-corrected chi connectivity index (χ3v) is 9.83. The van der Waals surface area contributed by atoms with E-state index in [4.69, 9.17) is 24.3 Å². The van der Waals surface area contributed by atoms with E-state index in [-0.39, 0.29) is 32.6 Å². The summed E-state index contributed by atoms with van der Waals surface area (Å²) in [6.07, 6.45) is 62.3. The molecule has 0 spiro atoms. The van der Waals surface area contributed by atoms with Crippen molar-refractivity contribution >= 4 is 19.8 Å². The van der Waals surface area contributed by atoms with Crippen molar-refractivity contribution in [1.29, 1.82) is 0 Å². The number of hydrogen-bond donors (Lipinski definition) is 2. The molecule has 0 rings (SSSR count). The van der Waals surface area contributed by atoms with Crippen LogP contribution in [0.25, 0.3) is 0 Å². The number of carbonyl (C=O) groups is 2. The summed E-state index contributed by atoms with van der Waals surface area (Å²) in [5, 5.41) is 0. The zero-order chi connectivity index (χ0) is 44.6. The standard InChI is InChI=1S/C51H82NO8P/c1-3-5-7-9-11-13-15-17-19-21-23-24-26-28-30-32-34-36-38-40-42-44-51(54)60-49(48-59-61(55,56)58-46-45-52)47-57-50(53)43-41-39-37-35-33-31-29-27-25-22-20-18-16-14-12-10-8-6-4-2/h5-8,11-14,17-20,23-25,27-28,30-31,33,49H,3-4,9-10,15-16,21-22,26,29,32,34-48,52H2,1-2H3,(H,55,56)/b7-5-,8-6-,13-11-,14-12-,19-17-,20-18-,24-23-,27-25-,30-28-,33-31-. The maximum atomic E-state index is 12.6. The maximum absolute atomic E-state index is 12.6. The monoisotopic (exact) mass is 868 g/mol. The van der Waals surface area contributed by atoms with Gasteiger partial charge in [0, 0.05) is 19.4 Å². The van der Waals surface area contributed by atoms with Gasteiger partial charge in [-0.15, -0.1) is 0 Å². The molecule has 9 nitrogen and oxygen atoms in total. The van der Waals surface area contributed by atoms with Gasteiger partial charge in [0.15, 0.2) is 6.10 Å². The average molecular weight is 868 g/mol. The number of carbonyl (C=O) groups excluding carboxylic acids is 2. The molecule has 344 valence electrons. The van der Waals surface area contributed by atoms with Crippen molar-refractivity contribution in [2.24, 2.45) is 5.73 Å². The lowest BCUT2D eigenvalue weighted by molar-refractivity contribution is -0.161. The Morgan fingerprint density at radius 1 is 0.492 bits per heavy atom. The van der Waals surface area contributed by atoms with Crippen LogP contribution in [0.2, 0.25) is 0 Å². The summed E-state index contributed by atoms with van der Waals surface area (Å²) >= 11 is 0. The zero-order valence-electron chi connectivity index (χ0n) is 37.8. The van der Waals surface area contributed by atoms with Crippen LogP contribution in [0.3, 0.4) is 0 Å². The molecule has 2 atom stereocenters. The Morgan fingerprint density at radius 3 is 1.28 bits per heavy atom. The minimum atomic E-state index is -4.40. The number of phosphoric ester groups is 1. The van der Waals surface area contributed by atoms with Gasteiger partial charge in [0.05, 0.1) is 13.2 Å². The molecular weight excluding hydrogens is 786 g/mol. The molecule has 0 radical (unpaired) electrons. The molecule has 0 saturated carbocycles. The van der Waals surface area contributed by atoms with Crippen molar-refractivity contribution in [2.75, 3.05) is 26.4 Å². The number of esters is 2. The zero-order valence-corrected chi connectivity index (χ0v) is 38.7. The molecule has 2 unspecified atom stereocenters. The van der Waals surface area contributed by atoms with Gasteiger partial charge >= 0.3 is 19.8 Å². The smallest absolute Gasteiger partial charge is 0.462 e. The number of ether oxygens (including phenoxy) is 2. The van der Waals surface area contributed by atoms with Crippen molar-refractivity contribution in [2.45, 2.75) is 161 Å². The molecule has 0 fully saturated rings. The number of phosphoric acid groups is 1. The van der Waals surface area contributed by atoms with Crippen LogP contribution in [-0.4, -0.2) is 49.3 Å². The Bertz CT molecular complexity index is 1400. The highest BCUT2D eigenvalue weighted by atomic mass is 31.2. The van der Waals surface area contributed by atoms with E-state index in [0.717, 1.165) is 116 Å². The van der Waals surface area contributed by atoms with Crippen LogP contribution in [0, 0.1) is 0 Å². The fraction of sp³-hybridized carbons (Fsp3) is 0.569. The molecule has 0 amide bonds. The second kappa shape index (κ2) is 45.9. The molecule has 0 aliphatic carbocycles. The van der Waals surface area contributed by atoms with Crippen molar-refractivity contribution in [3.63, 3.8) is 0 Å². The highest BCUT2D eigenvalue weighted by Crippen LogP contribution is 2.43. The maximum Gasteiger partial charge on any atom is 0.472 e. The Balaban J connectivity index is 4.26. The van der Waals surface area contributed by atoms with E-state index in [9.17, 15) is 19.0 Å². The predicted octanol–water partition coefficient (Wildman–Crippen LogP) is 13.7. The summed E-state index contributed by atoms with van der Waals surface area (Å²) in [5.41, 5.74) is 5.35. The molecule has 0 bridgehead atoms. The van der Waals surface area contributed by atoms with Crippen LogP contribution in [0.5, 0.6) is 0 Å². The van der Waals surface area contributed by atoms with Crippen molar-refractivity contribution < 1.29 is 37.6 Å². The lowest BCUT2D eigenvalue weighted by Crippen LogP contribution is -2.29. The van der Waals surface area contributed by atoms with Gasteiger partial charge < -0.3 is 20.1 Å². The van der Waals surface area contributed by atoms with Crippen molar-refractivity contribution in [3.8, 4) is 0 Å². The molecule has 61 heavy (non-hydrogen) atoms. The number of unbranched alkanes of at least 4 members (excludes halogenated alkanes) is 8. The quantitative estimate of drug-likeness (QED) is 0.0266. The third-order valence-electron chi connectivity index (χ3n) is 8.84. The molecule has 0 saturated heterocycles. The van der Waals surface area contributed by atoms with E-state index in [1.165, 1.54) is 0 Å². The normalized spacial score (nSPS) is 14.4. The molecule has 10 heteroatoms. The number of nitrogens with two attached hydrogens (primary N) is 1. The van der Waals surface area contributed by atoms with Gasteiger partial charge in [-0.05, 0) is 103 Å². The highest BCUT2D eigenvalue weighted by Gasteiger charge is 2.26. The average Bonchev–Trinajstić information content (AvgIpc) is 3.25. The van der Waals surface area contributed by atoms with Crippen LogP contribution in [0.1, 0.15) is 155 Å². The fourth-order valence-corrected chi connectivity index (χ4v) is 6.27. The number of rotatable bonds is 41. The van der Waals surface area contributed by atoms with Gasteiger partial charge in [0.1, 0.15) is 6.61 Å². The first-order chi connectivity index (χ1) is 29.8. The van der Waals surface area contributed by atoms with E-state index in [1.807, 2.05) is 0 Å².